The minimum atomic E-state index is -0.403. The largest absolute Gasteiger partial charge is 0.344 e. The fourth-order valence-electron chi connectivity index (χ4n) is 3.89. The second-order valence-electron chi connectivity index (χ2n) is 7.06. The molecule has 2 aromatic rings. The van der Waals surface area contributed by atoms with E-state index in [4.69, 9.17) is 0 Å². The minimum Gasteiger partial charge on any atom is -0.344 e. The zero-order valence-corrected chi connectivity index (χ0v) is 15.0. The zero-order valence-electron chi connectivity index (χ0n) is 15.0. The van der Waals surface area contributed by atoms with Gasteiger partial charge in [0.2, 0.25) is 11.8 Å². The first-order valence-corrected chi connectivity index (χ1v) is 9.05. The third kappa shape index (κ3) is 4.01. The number of carbonyl (C=O) groups excluding carboxylic acids is 2. The summed E-state index contributed by atoms with van der Waals surface area (Å²) >= 11 is 0. The van der Waals surface area contributed by atoms with Gasteiger partial charge in [0.15, 0.2) is 0 Å². The average molecular weight is 338 g/mol. The highest BCUT2D eigenvalue weighted by Gasteiger charge is 2.33. The van der Waals surface area contributed by atoms with Crippen molar-refractivity contribution in [3.05, 3.63) is 48.0 Å². The molecule has 0 bridgehead atoms. The van der Waals surface area contributed by atoms with Crippen LogP contribution in [0, 0.1) is 5.92 Å². The van der Waals surface area contributed by atoms with Gasteiger partial charge in [-0.15, -0.1) is 0 Å². The van der Waals surface area contributed by atoms with Crippen LogP contribution in [0.25, 0.3) is 10.8 Å². The Hall–Kier alpha value is -2.36. The van der Waals surface area contributed by atoms with Crippen molar-refractivity contribution in [1.82, 2.24) is 10.2 Å². The Labute approximate surface area is 149 Å². The molecule has 1 fully saturated rings. The number of hydrogen-bond acceptors (Lipinski definition) is 2. The second kappa shape index (κ2) is 7.68. The molecule has 0 spiro atoms. The molecule has 25 heavy (non-hydrogen) atoms. The van der Waals surface area contributed by atoms with Gasteiger partial charge >= 0.3 is 0 Å². The van der Waals surface area contributed by atoms with Crippen LogP contribution in [0.5, 0.6) is 0 Å². The van der Waals surface area contributed by atoms with Gasteiger partial charge in [-0.3, -0.25) is 9.59 Å². The molecule has 1 N–H and O–H groups in total. The molecule has 0 saturated heterocycles. The van der Waals surface area contributed by atoms with Gasteiger partial charge in [-0.05, 0) is 35.1 Å². The van der Waals surface area contributed by atoms with Gasteiger partial charge in [-0.1, -0.05) is 55.3 Å². The maximum atomic E-state index is 13.0. The summed E-state index contributed by atoms with van der Waals surface area (Å²) < 4.78 is 0. The van der Waals surface area contributed by atoms with Crippen LogP contribution >= 0.6 is 0 Å². The van der Waals surface area contributed by atoms with E-state index in [0.29, 0.717) is 6.54 Å². The van der Waals surface area contributed by atoms with E-state index in [1.54, 1.807) is 4.90 Å². The van der Waals surface area contributed by atoms with E-state index in [-0.39, 0.29) is 17.7 Å². The van der Waals surface area contributed by atoms with Crippen LogP contribution in [-0.2, 0) is 16.1 Å². The molecule has 0 aromatic heterocycles. The molecule has 4 nitrogen and oxygen atoms in total. The van der Waals surface area contributed by atoms with E-state index in [9.17, 15) is 9.59 Å². The van der Waals surface area contributed by atoms with Gasteiger partial charge in [-0.2, -0.15) is 0 Å². The molecule has 1 saturated carbocycles. The lowest BCUT2D eigenvalue weighted by Crippen LogP contribution is -2.50. The summed E-state index contributed by atoms with van der Waals surface area (Å²) in [6.07, 6.45) is 4.31. The van der Waals surface area contributed by atoms with Crippen LogP contribution in [-0.4, -0.2) is 29.8 Å². The van der Waals surface area contributed by atoms with Crippen LogP contribution in [0.1, 0.15) is 38.2 Å². The maximum absolute atomic E-state index is 13.0. The van der Waals surface area contributed by atoms with E-state index >= 15 is 0 Å². The van der Waals surface area contributed by atoms with Crippen LogP contribution in [0.4, 0.5) is 0 Å². The molecule has 0 radical (unpaired) electrons. The van der Waals surface area contributed by atoms with Crippen molar-refractivity contribution in [3.8, 4) is 0 Å². The zero-order chi connectivity index (χ0) is 17.8. The first-order chi connectivity index (χ1) is 12.1. The van der Waals surface area contributed by atoms with Crippen LogP contribution in [0.15, 0.2) is 42.5 Å². The average Bonchev–Trinajstić information content (AvgIpc) is 3.13. The molecule has 1 aliphatic carbocycles. The van der Waals surface area contributed by atoms with Gasteiger partial charge in [-0.25, -0.2) is 0 Å². The van der Waals surface area contributed by atoms with E-state index in [0.717, 1.165) is 31.2 Å². The molecular weight excluding hydrogens is 312 g/mol. The summed E-state index contributed by atoms with van der Waals surface area (Å²) in [7, 11) is 1.83. The molecule has 0 aliphatic heterocycles. The SMILES string of the molecule is CC(=O)NC(C(=O)N(C)Cc1cccc2ccccc12)C1CCCC1. The predicted molar refractivity (Wildman–Crippen MR) is 100.0 cm³/mol. The first-order valence-electron chi connectivity index (χ1n) is 9.05. The summed E-state index contributed by atoms with van der Waals surface area (Å²) in [6, 6.07) is 14.0. The van der Waals surface area contributed by atoms with Gasteiger partial charge in [0.05, 0.1) is 0 Å². The summed E-state index contributed by atoms with van der Waals surface area (Å²) in [4.78, 5) is 26.4. The Morgan fingerprint density at radius 1 is 1.12 bits per heavy atom. The van der Waals surface area contributed by atoms with E-state index in [2.05, 4.69) is 29.6 Å². The third-order valence-electron chi connectivity index (χ3n) is 5.16. The number of nitrogens with one attached hydrogen (secondary N) is 1. The molecule has 3 rings (SSSR count). The van der Waals surface area contributed by atoms with Crippen molar-refractivity contribution >= 4 is 22.6 Å². The molecule has 1 atom stereocenters. The van der Waals surface area contributed by atoms with Crippen molar-refractivity contribution in [2.75, 3.05) is 7.05 Å². The number of carbonyl (C=O) groups is 2. The van der Waals surface area contributed by atoms with E-state index in [1.165, 1.54) is 17.7 Å². The van der Waals surface area contributed by atoms with Crippen LogP contribution in [0.2, 0.25) is 0 Å². The lowest BCUT2D eigenvalue weighted by molar-refractivity contribution is -0.136. The van der Waals surface area contributed by atoms with Crippen molar-refractivity contribution in [2.45, 2.75) is 45.2 Å². The Morgan fingerprint density at radius 3 is 2.52 bits per heavy atom. The summed E-state index contributed by atoms with van der Waals surface area (Å²) in [5.74, 6) is 0.130. The summed E-state index contributed by atoms with van der Waals surface area (Å²) in [6.45, 7) is 2.03. The fourth-order valence-corrected chi connectivity index (χ4v) is 3.89. The Kier molecular flexibility index (Phi) is 5.37. The normalized spacial score (nSPS) is 15.9. The molecule has 2 aromatic carbocycles. The molecule has 1 unspecified atom stereocenters. The number of rotatable bonds is 5. The Morgan fingerprint density at radius 2 is 1.80 bits per heavy atom. The monoisotopic (exact) mass is 338 g/mol. The summed E-state index contributed by atoms with van der Waals surface area (Å²) in [5, 5.41) is 5.24. The molecular formula is C21H26N2O2. The lowest BCUT2D eigenvalue weighted by atomic mass is 9.96. The second-order valence-corrected chi connectivity index (χ2v) is 7.06. The van der Waals surface area contributed by atoms with Crippen molar-refractivity contribution < 1.29 is 9.59 Å². The van der Waals surface area contributed by atoms with Gasteiger partial charge in [0.25, 0.3) is 0 Å². The number of hydrogen-bond donors (Lipinski definition) is 1. The Bertz CT molecular complexity index is 760. The number of fused-ring (bicyclic) bond motifs is 1. The topological polar surface area (TPSA) is 49.4 Å². The standard InChI is InChI=1S/C21H26N2O2/c1-15(24)22-20(17-9-3-4-10-17)21(25)23(2)14-18-12-7-11-16-8-5-6-13-19(16)18/h5-8,11-13,17,20H,3-4,9-10,14H2,1-2H3,(H,22,24). The lowest BCUT2D eigenvalue weighted by Gasteiger charge is -2.28. The van der Waals surface area contributed by atoms with Crippen LogP contribution in [0.3, 0.4) is 0 Å². The van der Waals surface area contributed by atoms with Crippen LogP contribution < -0.4 is 5.32 Å². The van der Waals surface area contributed by atoms with Crippen molar-refractivity contribution in [1.29, 1.82) is 0 Å². The number of likely N-dealkylation sites (N-methyl/N-ethyl adjacent to an activating group) is 1. The molecule has 1 aliphatic rings. The van der Waals surface area contributed by atoms with Gasteiger partial charge in [0, 0.05) is 20.5 Å². The minimum absolute atomic E-state index is 0.00929. The summed E-state index contributed by atoms with van der Waals surface area (Å²) in [5.41, 5.74) is 1.13. The van der Waals surface area contributed by atoms with Gasteiger partial charge < -0.3 is 10.2 Å². The van der Waals surface area contributed by atoms with Gasteiger partial charge in [0.1, 0.15) is 6.04 Å². The van der Waals surface area contributed by atoms with Crippen molar-refractivity contribution in [3.63, 3.8) is 0 Å². The molecule has 0 heterocycles. The van der Waals surface area contributed by atoms with E-state index in [1.807, 2.05) is 25.2 Å². The maximum Gasteiger partial charge on any atom is 0.245 e. The molecule has 2 amide bonds. The quantitative estimate of drug-likeness (QED) is 0.907. The first kappa shape index (κ1) is 17.5. The highest BCUT2D eigenvalue weighted by Crippen LogP contribution is 2.29. The third-order valence-corrected chi connectivity index (χ3v) is 5.16. The number of nitrogens with zero attached hydrogens (tertiary/aromatic N) is 1. The fraction of sp³-hybridized carbons (Fsp3) is 0.429. The Balaban J connectivity index is 1.79. The number of amides is 2. The van der Waals surface area contributed by atoms with E-state index < -0.39 is 6.04 Å². The number of benzene rings is 2. The van der Waals surface area contributed by atoms with Crippen molar-refractivity contribution in [2.24, 2.45) is 5.92 Å². The predicted octanol–water partition coefficient (Wildman–Crippen LogP) is 3.49. The molecule has 132 valence electrons. The molecule has 4 heteroatoms. The highest BCUT2D eigenvalue weighted by molar-refractivity contribution is 5.88. The highest BCUT2D eigenvalue weighted by atomic mass is 16.2. The smallest absolute Gasteiger partial charge is 0.245 e.